The Kier molecular flexibility index (Phi) is 3.23. The number of hydrogen-bond acceptors (Lipinski definition) is 4. The van der Waals surface area contributed by atoms with Gasteiger partial charge in [-0.25, -0.2) is 0 Å². The summed E-state index contributed by atoms with van der Waals surface area (Å²) in [6.07, 6.45) is 2.04. The molecule has 78 valence electrons. The highest BCUT2D eigenvalue weighted by atomic mass is 35.5. The summed E-state index contributed by atoms with van der Waals surface area (Å²) in [4.78, 5) is 1.21. The first-order valence-corrected chi connectivity index (χ1v) is 6.08. The lowest BCUT2D eigenvalue weighted by Crippen LogP contribution is -2.01. The Balaban J connectivity index is 2.37. The van der Waals surface area contributed by atoms with Crippen LogP contribution in [0.5, 0.6) is 0 Å². The number of alkyl halides is 1. The Hall–Kier alpha value is -1.07. The fourth-order valence-electron chi connectivity index (χ4n) is 1.21. The number of aromatic nitrogens is 4. The number of thioether (sulfide) groups is 1. The maximum absolute atomic E-state index is 5.71. The second-order valence-corrected chi connectivity index (χ2v) is 3.99. The molecule has 1 aromatic carbocycles. The van der Waals surface area contributed by atoms with Crippen molar-refractivity contribution >= 4 is 23.4 Å². The Morgan fingerprint density at radius 3 is 2.67 bits per heavy atom. The Bertz CT molecular complexity index is 440. The van der Waals surface area contributed by atoms with E-state index in [0.29, 0.717) is 11.7 Å². The maximum Gasteiger partial charge on any atom is 0.171 e. The van der Waals surface area contributed by atoms with E-state index in [9.17, 15) is 0 Å². The number of benzene rings is 1. The molecule has 0 fully saturated rings. The lowest BCUT2D eigenvalue weighted by Gasteiger charge is -2.02. The third-order valence-corrected chi connectivity index (χ3v) is 2.95. The quantitative estimate of drug-likeness (QED) is 0.609. The van der Waals surface area contributed by atoms with Crippen LogP contribution in [0.15, 0.2) is 29.2 Å². The highest BCUT2D eigenvalue weighted by Gasteiger charge is 2.05. The van der Waals surface area contributed by atoms with Gasteiger partial charge >= 0.3 is 0 Å². The van der Waals surface area contributed by atoms with Crippen molar-refractivity contribution in [3.63, 3.8) is 0 Å². The first-order valence-electron chi connectivity index (χ1n) is 4.33. The number of rotatable bonds is 3. The molecule has 0 bridgehead atoms. The summed E-state index contributed by atoms with van der Waals surface area (Å²) < 4.78 is 1.64. The van der Waals surface area contributed by atoms with Crippen molar-refractivity contribution in [3.05, 3.63) is 30.1 Å². The van der Waals surface area contributed by atoms with Crippen LogP contribution >= 0.6 is 23.4 Å². The van der Waals surface area contributed by atoms with Gasteiger partial charge in [0.25, 0.3) is 0 Å². The summed E-state index contributed by atoms with van der Waals surface area (Å²) in [6, 6.07) is 8.00. The van der Waals surface area contributed by atoms with Gasteiger partial charge in [0.1, 0.15) is 0 Å². The third kappa shape index (κ3) is 2.13. The van der Waals surface area contributed by atoms with Gasteiger partial charge in [-0.1, -0.05) is 0 Å². The van der Waals surface area contributed by atoms with E-state index in [-0.39, 0.29) is 0 Å². The van der Waals surface area contributed by atoms with Gasteiger partial charge in [0.15, 0.2) is 5.82 Å². The van der Waals surface area contributed by atoms with Crippen molar-refractivity contribution in [3.8, 4) is 5.69 Å². The molecule has 0 aliphatic heterocycles. The summed E-state index contributed by atoms with van der Waals surface area (Å²) in [6.45, 7) is 0. The van der Waals surface area contributed by atoms with E-state index in [2.05, 4.69) is 15.5 Å². The van der Waals surface area contributed by atoms with Crippen molar-refractivity contribution in [1.29, 1.82) is 0 Å². The standard InChI is InChI=1S/C9H9ClN4S/c1-15-8-4-2-7(3-5-8)14-9(6-10)11-12-13-14/h2-5H,6H2,1H3. The minimum Gasteiger partial charge on any atom is -0.196 e. The topological polar surface area (TPSA) is 43.6 Å². The van der Waals surface area contributed by atoms with Crippen LogP contribution in [0.2, 0.25) is 0 Å². The smallest absolute Gasteiger partial charge is 0.171 e. The van der Waals surface area contributed by atoms with Crippen LogP contribution in [0, 0.1) is 0 Å². The zero-order valence-electron chi connectivity index (χ0n) is 8.09. The van der Waals surface area contributed by atoms with Gasteiger partial charge in [0.05, 0.1) is 11.6 Å². The molecule has 0 saturated carbocycles. The molecule has 0 aliphatic rings. The summed E-state index contributed by atoms with van der Waals surface area (Å²) in [5.41, 5.74) is 0.924. The van der Waals surface area contributed by atoms with Gasteiger partial charge in [0.2, 0.25) is 0 Å². The van der Waals surface area contributed by atoms with Crippen LogP contribution in [-0.2, 0) is 5.88 Å². The fourth-order valence-corrected chi connectivity index (χ4v) is 1.79. The molecule has 0 saturated heterocycles. The predicted octanol–water partition coefficient (Wildman–Crippen LogP) is 2.12. The number of nitrogens with zero attached hydrogens (tertiary/aromatic N) is 4. The monoisotopic (exact) mass is 240 g/mol. The average Bonchev–Trinajstić information content (AvgIpc) is 2.77. The molecule has 0 radical (unpaired) electrons. The van der Waals surface area contributed by atoms with Crippen LogP contribution in [0.1, 0.15) is 5.82 Å². The molecule has 0 spiro atoms. The zero-order valence-corrected chi connectivity index (χ0v) is 9.66. The minimum atomic E-state index is 0.303. The van der Waals surface area contributed by atoms with Crippen LogP contribution < -0.4 is 0 Å². The third-order valence-electron chi connectivity index (χ3n) is 1.97. The maximum atomic E-state index is 5.71. The summed E-state index contributed by atoms with van der Waals surface area (Å²) in [5.74, 6) is 0.950. The second-order valence-electron chi connectivity index (χ2n) is 2.84. The van der Waals surface area contributed by atoms with E-state index >= 15 is 0 Å². The fraction of sp³-hybridized carbons (Fsp3) is 0.222. The van der Waals surface area contributed by atoms with Gasteiger partial charge in [-0.05, 0) is 40.9 Å². The second kappa shape index (κ2) is 4.63. The lowest BCUT2D eigenvalue weighted by atomic mass is 10.3. The Labute approximate surface area is 96.6 Å². The van der Waals surface area contributed by atoms with Crippen LogP contribution in [-0.4, -0.2) is 26.5 Å². The number of hydrogen-bond donors (Lipinski definition) is 0. The van der Waals surface area contributed by atoms with E-state index in [1.807, 2.05) is 30.5 Å². The van der Waals surface area contributed by atoms with Gasteiger partial charge in [-0.3, -0.25) is 0 Å². The Morgan fingerprint density at radius 2 is 2.07 bits per heavy atom. The van der Waals surface area contributed by atoms with Crippen molar-refractivity contribution in [2.45, 2.75) is 10.8 Å². The molecule has 4 nitrogen and oxygen atoms in total. The van der Waals surface area contributed by atoms with E-state index < -0.39 is 0 Å². The molecule has 0 unspecified atom stereocenters. The zero-order chi connectivity index (χ0) is 10.7. The highest BCUT2D eigenvalue weighted by molar-refractivity contribution is 7.98. The van der Waals surface area contributed by atoms with Crippen molar-refractivity contribution < 1.29 is 0 Å². The summed E-state index contributed by atoms with van der Waals surface area (Å²) >= 11 is 7.41. The van der Waals surface area contributed by atoms with Crippen molar-refractivity contribution in [1.82, 2.24) is 20.2 Å². The molecular formula is C9H9ClN4S. The molecule has 0 atom stereocenters. The summed E-state index contributed by atoms with van der Waals surface area (Å²) in [7, 11) is 0. The van der Waals surface area contributed by atoms with E-state index in [1.54, 1.807) is 16.4 Å². The molecule has 15 heavy (non-hydrogen) atoms. The molecule has 6 heteroatoms. The molecule has 2 rings (SSSR count). The number of tetrazole rings is 1. The molecule has 0 amide bonds. The number of halogens is 1. The van der Waals surface area contributed by atoms with Gasteiger partial charge < -0.3 is 0 Å². The van der Waals surface area contributed by atoms with E-state index in [4.69, 9.17) is 11.6 Å². The average molecular weight is 241 g/mol. The van der Waals surface area contributed by atoms with Gasteiger partial charge in [-0.2, -0.15) is 4.68 Å². The van der Waals surface area contributed by atoms with E-state index in [0.717, 1.165) is 5.69 Å². The first-order chi connectivity index (χ1) is 7.35. The van der Waals surface area contributed by atoms with Crippen molar-refractivity contribution in [2.24, 2.45) is 0 Å². The van der Waals surface area contributed by atoms with Crippen molar-refractivity contribution in [2.75, 3.05) is 6.26 Å². The first kappa shape index (κ1) is 10.4. The van der Waals surface area contributed by atoms with Gasteiger partial charge in [0, 0.05) is 4.90 Å². The molecule has 0 N–H and O–H groups in total. The van der Waals surface area contributed by atoms with Crippen LogP contribution in [0.25, 0.3) is 5.69 Å². The van der Waals surface area contributed by atoms with Crippen LogP contribution in [0.4, 0.5) is 0 Å². The molecule has 0 aliphatic carbocycles. The summed E-state index contributed by atoms with van der Waals surface area (Å²) in [5, 5.41) is 11.3. The highest BCUT2D eigenvalue weighted by Crippen LogP contribution is 2.17. The molecular weight excluding hydrogens is 232 g/mol. The molecule has 1 heterocycles. The van der Waals surface area contributed by atoms with Gasteiger partial charge in [-0.15, -0.1) is 28.5 Å². The SMILES string of the molecule is CSc1ccc(-n2nnnc2CCl)cc1. The van der Waals surface area contributed by atoms with Crippen LogP contribution in [0.3, 0.4) is 0 Å². The normalized spacial score (nSPS) is 10.5. The lowest BCUT2D eigenvalue weighted by molar-refractivity contribution is 0.776. The minimum absolute atomic E-state index is 0.303. The Morgan fingerprint density at radius 1 is 1.33 bits per heavy atom. The predicted molar refractivity (Wildman–Crippen MR) is 60.5 cm³/mol. The molecule has 1 aromatic heterocycles. The molecule has 2 aromatic rings. The largest absolute Gasteiger partial charge is 0.196 e. The van der Waals surface area contributed by atoms with E-state index in [1.165, 1.54) is 4.90 Å².